The van der Waals surface area contributed by atoms with Crippen molar-refractivity contribution in [1.82, 2.24) is 0 Å². The highest BCUT2D eigenvalue weighted by Crippen LogP contribution is 1.88. The first-order chi connectivity index (χ1) is 4.22. The summed E-state index contributed by atoms with van der Waals surface area (Å²) >= 11 is 0. The van der Waals surface area contributed by atoms with Gasteiger partial charge in [0.1, 0.15) is 7.85 Å². The number of benzene rings is 1. The summed E-state index contributed by atoms with van der Waals surface area (Å²) in [5.41, 5.74) is 1.33. The van der Waals surface area contributed by atoms with Crippen molar-refractivity contribution in [2.75, 3.05) is 0 Å². The van der Waals surface area contributed by atoms with Crippen LogP contribution in [0.3, 0.4) is 0 Å². The molecule has 0 aliphatic heterocycles. The van der Waals surface area contributed by atoms with Crippen LogP contribution in [0.2, 0.25) is 0 Å². The van der Waals surface area contributed by atoms with Gasteiger partial charge in [0.2, 0.25) is 0 Å². The molecule has 0 aliphatic rings. The van der Waals surface area contributed by atoms with Gasteiger partial charge in [0, 0.05) is 0 Å². The number of rotatable bonds is 0. The van der Waals surface area contributed by atoms with Gasteiger partial charge in [-0.05, 0) is 10.6 Å². The summed E-state index contributed by atoms with van der Waals surface area (Å²) in [6, 6.07) is 6.25. The first-order valence-electron chi connectivity index (χ1n) is 2.82. The molecule has 9 heavy (non-hydrogen) atoms. The van der Waals surface area contributed by atoms with Gasteiger partial charge in [-0.1, -0.05) is 23.7 Å². The van der Waals surface area contributed by atoms with Crippen molar-refractivity contribution in [3.63, 3.8) is 0 Å². The Labute approximate surface area is 61.2 Å². The largest absolute Gasteiger partial charge is 0.140 e. The predicted octanol–water partition coefficient (Wildman–Crippen LogP) is -1.05. The standard InChI is InChI=1S/C6H9BP2/c7-4-2-1-3-5(8)6(4)9/h1-3H,7-9H2. The van der Waals surface area contributed by atoms with Gasteiger partial charge in [-0.15, -0.1) is 18.5 Å². The molecule has 0 spiro atoms. The maximum Gasteiger partial charge on any atom is 0.140 e. The van der Waals surface area contributed by atoms with Gasteiger partial charge >= 0.3 is 0 Å². The van der Waals surface area contributed by atoms with E-state index < -0.39 is 0 Å². The topological polar surface area (TPSA) is 0 Å². The molecule has 46 valence electrons. The molecule has 0 aliphatic carbocycles. The zero-order chi connectivity index (χ0) is 6.85. The molecule has 1 rings (SSSR count). The van der Waals surface area contributed by atoms with Crippen LogP contribution >= 0.6 is 18.5 Å². The van der Waals surface area contributed by atoms with E-state index in [-0.39, 0.29) is 0 Å². The van der Waals surface area contributed by atoms with Gasteiger partial charge in [0.15, 0.2) is 0 Å². The fraction of sp³-hybridized carbons (Fsp3) is 0. The molecule has 0 aromatic heterocycles. The molecule has 0 heterocycles. The highest BCUT2D eigenvalue weighted by molar-refractivity contribution is 7.36. The second kappa shape index (κ2) is 2.82. The Balaban J connectivity index is 3.25. The molecule has 0 saturated carbocycles. The summed E-state index contributed by atoms with van der Waals surface area (Å²) in [6.07, 6.45) is 0. The highest BCUT2D eigenvalue weighted by atomic mass is 31.0. The second-order valence-corrected chi connectivity index (χ2v) is 3.28. The zero-order valence-corrected chi connectivity index (χ0v) is 7.70. The normalized spacial score (nSPS) is 9.56. The van der Waals surface area contributed by atoms with Gasteiger partial charge in [0.05, 0.1) is 0 Å². The summed E-state index contributed by atoms with van der Waals surface area (Å²) in [5.74, 6) is 0. The molecule has 2 unspecified atom stereocenters. The molecule has 0 nitrogen and oxygen atoms in total. The van der Waals surface area contributed by atoms with Gasteiger partial charge in [-0.25, -0.2) is 0 Å². The van der Waals surface area contributed by atoms with Crippen LogP contribution in [0.25, 0.3) is 0 Å². The molecule has 0 amide bonds. The number of hydrogen-bond acceptors (Lipinski definition) is 0. The number of hydrogen-bond donors (Lipinski definition) is 0. The lowest BCUT2D eigenvalue weighted by atomic mass is 9.96. The third-order valence-corrected chi connectivity index (χ3v) is 2.98. The smallest absolute Gasteiger partial charge is 0.106 e. The van der Waals surface area contributed by atoms with Gasteiger partial charge in [0.25, 0.3) is 0 Å². The SMILES string of the molecule is Bc1cccc(P)c1P. The van der Waals surface area contributed by atoms with Crippen LogP contribution in [0.15, 0.2) is 18.2 Å². The van der Waals surface area contributed by atoms with Crippen LogP contribution in [0.5, 0.6) is 0 Å². The van der Waals surface area contributed by atoms with Crippen molar-refractivity contribution in [2.45, 2.75) is 0 Å². The fourth-order valence-corrected chi connectivity index (χ4v) is 1.23. The maximum absolute atomic E-state index is 2.72. The lowest BCUT2D eigenvalue weighted by molar-refractivity contribution is 1.89. The Morgan fingerprint density at radius 1 is 1.22 bits per heavy atom. The van der Waals surface area contributed by atoms with Crippen LogP contribution in [-0.2, 0) is 0 Å². The van der Waals surface area contributed by atoms with E-state index in [1.807, 2.05) is 0 Å². The third-order valence-electron chi connectivity index (χ3n) is 1.36. The van der Waals surface area contributed by atoms with E-state index >= 15 is 0 Å². The summed E-state index contributed by atoms with van der Waals surface area (Å²) in [6.45, 7) is 0. The van der Waals surface area contributed by atoms with Crippen LogP contribution in [0.1, 0.15) is 0 Å². The second-order valence-electron chi connectivity index (χ2n) is 2.08. The monoisotopic (exact) mass is 154 g/mol. The van der Waals surface area contributed by atoms with Crippen LogP contribution < -0.4 is 16.1 Å². The summed E-state index contributed by atoms with van der Waals surface area (Å²) in [5, 5.41) is 2.56. The van der Waals surface area contributed by atoms with Crippen LogP contribution in [0.4, 0.5) is 0 Å². The Bertz CT molecular complexity index is 202. The highest BCUT2D eigenvalue weighted by Gasteiger charge is 1.92. The van der Waals surface area contributed by atoms with E-state index in [4.69, 9.17) is 0 Å². The first-order valence-corrected chi connectivity index (χ1v) is 3.98. The van der Waals surface area contributed by atoms with Crippen molar-refractivity contribution in [3.05, 3.63) is 18.2 Å². The van der Waals surface area contributed by atoms with E-state index in [9.17, 15) is 0 Å². The van der Waals surface area contributed by atoms with Crippen molar-refractivity contribution in [2.24, 2.45) is 0 Å². The van der Waals surface area contributed by atoms with Crippen LogP contribution in [-0.4, -0.2) is 7.85 Å². The van der Waals surface area contributed by atoms with Gasteiger partial charge in [-0.3, -0.25) is 0 Å². The minimum atomic E-state index is 1.26. The summed E-state index contributed by atoms with van der Waals surface area (Å²) in [4.78, 5) is 0. The third kappa shape index (κ3) is 1.54. The van der Waals surface area contributed by atoms with Crippen molar-refractivity contribution in [1.29, 1.82) is 0 Å². The van der Waals surface area contributed by atoms with E-state index in [1.54, 1.807) is 0 Å². The van der Waals surface area contributed by atoms with Crippen molar-refractivity contribution >= 4 is 42.4 Å². The lowest BCUT2D eigenvalue weighted by Crippen LogP contribution is -2.27. The Morgan fingerprint density at radius 3 is 2.33 bits per heavy atom. The summed E-state index contributed by atoms with van der Waals surface area (Å²) < 4.78 is 0. The fourth-order valence-electron chi connectivity index (χ4n) is 0.703. The van der Waals surface area contributed by atoms with E-state index in [0.717, 1.165) is 0 Å². The molecule has 0 N–H and O–H groups in total. The molecule has 2 atom stereocenters. The predicted molar refractivity (Wildman–Crippen MR) is 53.3 cm³/mol. The molecule has 0 fully saturated rings. The minimum Gasteiger partial charge on any atom is -0.106 e. The van der Waals surface area contributed by atoms with Crippen molar-refractivity contribution < 1.29 is 0 Å². The molecular formula is C6H9BP2. The molecule has 1 aromatic rings. The molecular weight excluding hydrogens is 145 g/mol. The summed E-state index contributed by atoms with van der Waals surface area (Å²) in [7, 11) is 7.53. The maximum atomic E-state index is 2.72. The molecule has 0 radical (unpaired) electrons. The Morgan fingerprint density at radius 2 is 1.89 bits per heavy atom. The van der Waals surface area contributed by atoms with Crippen LogP contribution in [0, 0.1) is 0 Å². The molecule has 0 bridgehead atoms. The molecule has 0 saturated heterocycles. The van der Waals surface area contributed by atoms with E-state index in [0.29, 0.717) is 0 Å². The van der Waals surface area contributed by atoms with Gasteiger partial charge < -0.3 is 0 Å². The van der Waals surface area contributed by atoms with E-state index in [2.05, 4.69) is 44.5 Å². The average Bonchev–Trinajstić information content (AvgIpc) is 1.83. The lowest BCUT2D eigenvalue weighted by Gasteiger charge is -2.00. The average molecular weight is 154 g/mol. The minimum absolute atomic E-state index is 1.26. The Kier molecular flexibility index (Phi) is 2.27. The van der Waals surface area contributed by atoms with Gasteiger partial charge in [-0.2, -0.15) is 0 Å². The molecule has 3 heteroatoms. The first kappa shape index (κ1) is 7.25. The quantitative estimate of drug-likeness (QED) is 0.330. The Hall–Kier alpha value is 0.145. The van der Waals surface area contributed by atoms with E-state index in [1.165, 1.54) is 16.1 Å². The van der Waals surface area contributed by atoms with Crippen molar-refractivity contribution in [3.8, 4) is 0 Å². The molecule has 1 aromatic carbocycles. The zero-order valence-electron chi connectivity index (χ0n) is 5.39.